The van der Waals surface area contributed by atoms with Gasteiger partial charge in [-0.1, -0.05) is 26.7 Å². The summed E-state index contributed by atoms with van der Waals surface area (Å²) in [5.41, 5.74) is 5.03. The van der Waals surface area contributed by atoms with E-state index in [2.05, 4.69) is 12.2 Å². The van der Waals surface area contributed by atoms with Crippen LogP contribution in [-0.2, 0) is 9.59 Å². The predicted octanol–water partition coefficient (Wildman–Crippen LogP) is 1.90. The zero-order chi connectivity index (χ0) is 14.9. The van der Waals surface area contributed by atoms with Gasteiger partial charge in [-0.2, -0.15) is 0 Å². The fourth-order valence-electron chi connectivity index (χ4n) is 1.92. The molecule has 112 valence electrons. The van der Waals surface area contributed by atoms with Crippen molar-refractivity contribution in [1.29, 1.82) is 0 Å². The van der Waals surface area contributed by atoms with Crippen molar-refractivity contribution < 1.29 is 14.7 Å². The molecule has 1 amide bonds. The maximum atomic E-state index is 11.8. The molecular weight excluding hydrogens is 244 g/mol. The van der Waals surface area contributed by atoms with Crippen LogP contribution in [0.4, 0.5) is 0 Å². The summed E-state index contributed by atoms with van der Waals surface area (Å²) in [4.78, 5) is 22.3. The molecule has 0 radical (unpaired) electrons. The Balaban J connectivity index is 4.05. The second kappa shape index (κ2) is 8.91. The summed E-state index contributed by atoms with van der Waals surface area (Å²) in [6, 6.07) is 0. The molecular formula is C14H28N2O3. The Morgan fingerprint density at radius 2 is 1.89 bits per heavy atom. The first-order chi connectivity index (χ1) is 8.83. The average Bonchev–Trinajstić information content (AvgIpc) is 2.35. The number of carbonyl (C=O) groups is 2. The minimum absolute atomic E-state index is 0.136. The second-order valence-corrected chi connectivity index (χ2v) is 5.40. The quantitative estimate of drug-likeness (QED) is 0.566. The molecule has 0 spiro atoms. The van der Waals surface area contributed by atoms with Crippen LogP contribution < -0.4 is 11.1 Å². The maximum Gasteiger partial charge on any atom is 0.303 e. The third-order valence-corrected chi connectivity index (χ3v) is 3.55. The Morgan fingerprint density at radius 1 is 1.26 bits per heavy atom. The summed E-state index contributed by atoms with van der Waals surface area (Å²) in [6.07, 6.45) is 4.30. The Kier molecular flexibility index (Phi) is 8.39. The summed E-state index contributed by atoms with van der Waals surface area (Å²) in [5.74, 6) is -0.541. The number of amides is 1. The van der Waals surface area contributed by atoms with Gasteiger partial charge in [0.25, 0.3) is 0 Å². The molecule has 0 aromatic rings. The monoisotopic (exact) mass is 272 g/mol. The van der Waals surface area contributed by atoms with E-state index >= 15 is 0 Å². The van der Waals surface area contributed by atoms with Crippen LogP contribution in [0.1, 0.15) is 59.3 Å². The number of aliphatic carboxylic acids is 1. The smallest absolute Gasteiger partial charge is 0.303 e. The molecule has 4 N–H and O–H groups in total. The molecule has 0 fully saturated rings. The molecule has 0 saturated heterocycles. The van der Waals surface area contributed by atoms with Gasteiger partial charge in [0.2, 0.25) is 5.91 Å². The molecule has 0 aliphatic rings. The van der Waals surface area contributed by atoms with Crippen molar-refractivity contribution in [1.82, 2.24) is 5.32 Å². The van der Waals surface area contributed by atoms with Crippen LogP contribution in [-0.4, -0.2) is 29.1 Å². The summed E-state index contributed by atoms with van der Waals surface area (Å²) in [5, 5.41) is 11.5. The normalized spacial score (nSPS) is 15.6. The van der Waals surface area contributed by atoms with Gasteiger partial charge in [0.15, 0.2) is 0 Å². The van der Waals surface area contributed by atoms with E-state index in [1.807, 2.05) is 6.92 Å². The molecule has 0 aromatic heterocycles. The molecule has 2 atom stereocenters. The first-order valence-electron chi connectivity index (χ1n) is 7.12. The summed E-state index contributed by atoms with van der Waals surface area (Å²) in [7, 11) is 0. The van der Waals surface area contributed by atoms with Crippen molar-refractivity contribution in [3.63, 3.8) is 0 Å². The first-order valence-corrected chi connectivity index (χ1v) is 7.12. The van der Waals surface area contributed by atoms with E-state index in [-0.39, 0.29) is 12.3 Å². The van der Waals surface area contributed by atoms with Crippen LogP contribution in [0.15, 0.2) is 0 Å². The highest BCUT2D eigenvalue weighted by atomic mass is 16.4. The standard InChI is InChI=1S/C14H28N2O3/c1-4-6-11(7-8-12(17)18)9-10-16-13(19)14(3,15)5-2/h11H,4-10,15H2,1-3H3,(H,16,19)(H,17,18). The lowest BCUT2D eigenvalue weighted by Gasteiger charge is -2.22. The van der Waals surface area contributed by atoms with Crippen molar-refractivity contribution in [3.05, 3.63) is 0 Å². The maximum absolute atomic E-state index is 11.8. The van der Waals surface area contributed by atoms with Crippen molar-refractivity contribution in [2.45, 2.75) is 64.8 Å². The molecule has 0 aliphatic heterocycles. The van der Waals surface area contributed by atoms with E-state index < -0.39 is 11.5 Å². The van der Waals surface area contributed by atoms with Crippen molar-refractivity contribution in [3.8, 4) is 0 Å². The second-order valence-electron chi connectivity index (χ2n) is 5.40. The lowest BCUT2D eigenvalue weighted by atomic mass is 9.94. The summed E-state index contributed by atoms with van der Waals surface area (Å²) < 4.78 is 0. The highest BCUT2D eigenvalue weighted by molar-refractivity contribution is 5.85. The third-order valence-electron chi connectivity index (χ3n) is 3.55. The van der Waals surface area contributed by atoms with Crippen LogP contribution in [0.5, 0.6) is 0 Å². The molecule has 5 nitrogen and oxygen atoms in total. The largest absolute Gasteiger partial charge is 0.481 e. The average molecular weight is 272 g/mol. The van der Waals surface area contributed by atoms with Crippen LogP contribution in [0.25, 0.3) is 0 Å². The topological polar surface area (TPSA) is 92.4 Å². The molecule has 0 heterocycles. The number of nitrogens with two attached hydrogens (primary N) is 1. The highest BCUT2D eigenvalue weighted by Crippen LogP contribution is 2.17. The molecule has 2 unspecified atom stereocenters. The number of carboxylic acids is 1. The minimum atomic E-state index is -0.818. The number of hydrogen-bond acceptors (Lipinski definition) is 3. The van der Waals surface area contributed by atoms with Gasteiger partial charge in [-0.15, -0.1) is 0 Å². The van der Waals surface area contributed by atoms with E-state index in [1.165, 1.54) is 0 Å². The zero-order valence-corrected chi connectivity index (χ0v) is 12.4. The van der Waals surface area contributed by atoms with Gasteiger partial charge in [0, 0.05) is 13.0 Å². The SMILES string of the molecule is CCCC(CCNC(=O)C(C)(N)CC)CCC(=O)O. The molecule has 19 heavy (non-hydrogen) atoms. The van der Waals surface area contributed by atoms with E-state index in [1.54, 1.807) is 6.92 Å². The Morgan fingerprint density at radius 3 is 2.37 bits per heavy atom. The highest BCUT2D eigenvalue weighted by Gasteiger charge is 2.25. The minimum Gasteiger partial charge on any atom is -0.481 e. The predicted molar refractivity (Wildman–Crippen MR) is 75.8 cm³/mol. The summed E-state index contributed by atoms with van der Waals surface area (Å²) >= 11 is 0. The fourth-order valence-corrected chi connectivity index (χ4v) is 1.92. The number of rotatable bonds is 10. The van der Waals surface area contributed by atoms with Crippen molar-refractivity contribution in [2.24, 2.45) is 11.7 Å². The first kappa shape index (κ1) is 17.9. The molecule has 0 aromatic carbocycles. The van der Waals surface area contributed by atoms with Crippen molar-refractivity contribution in [2.75, 3.05) is 6.54 Å². The summed E-state index contributed by atoms with van der Waals surface area (Å²) in [6.45, 7) is 6.25. The number of nitrogens with one attached hydrogen (secondary N) is 1. The fraction of sp³-hybridized carbons (Fsp3) is 0.857. The number of carbonyl (C=O) groups excluding carboxylic acids is 1. The van der Waals surface area contributed by atoms with Crippen LogP contribution in [0, 0.1) is 5.92 Å². The van der Waals surface area contributed by atoms with Gasteiger partial charge < -0.3 is 16.2 Å². The Hall–Kier alpha value is -1.10. The number of hydrogen-bond donors (Lipinski definition) is 3. The van der Waals surface area contributed by atoms with Gasteiger partial charge in [-0.25, -0.2) is 0 Å². The van der Waals surface area contributed by atoms with Gasteiger partial charge in [-0.05, 0) is 32.1 Å². The van der Waals surface area contributed by atoms with Gasteiger partial charge >= 0.3 is 5.97 Å². The molecule has 0 bridgehead atoms. The third kappa shape index (κ3) is 7.82. The van der Waals surface area contributed by atoms with E-state index in [0.29, 0.717) is 25.3 Å². The van der Waals surface area contributed by atoms with E-state index in [0.717, 1.165) is 19.3 Å². The molecule has 0 rings (SSSR count). The Labute approximate surface area is 115 Å². The lowest BCUT2D eigenvalue weighted by molar-refractivity contribution is -0.137. The van der Waals surface area contributed by atoms with Gasteiger partial charge in [0.1, 0.15) is 0 Å². The number of carboxylic acid groups (broad SMARTS) is 1. The van der Waals surface area contributed by atoms with Crippen molar-refractivity contribution >= 4 is 11.9 Å². The van der Waals surface area contributed by atoms with Crippen LogP contribution in [0.3, 0.4) is 0 Å². The van der Waals surface area contributed by atoms with Gasteiger partial charge in [-0.3, -0.25) is 9.59 Å². The van der Waals surface area contributed by atoms with E-state index in [9.17, 15) is 9.59 Å². The van der Waals surface area contributed by atoms with Gasteiger partial charge in [0.05, 0.1) is 5.54 Å². The van der Waals surface area contributed by atoms with E-state index in [4.69, 9.17) is 10.8 Å². The molecule has 0 aliphatic carbocycles. The Bertz CT molecular complexity index is 290. The molecule has 0 saturated carbocycles. The van der Waals surface area contributed by atoms with Crippen LogP contribution in [0.2, 0.25) is 0 Å². The lowest BCUT2D eigenvalue weighted by Crippen LogP contribution is -2.51. The molecule has 5 heteroatoms. The zero-order valence-electron chi connectivity index (χ0n) is 12.4. The van der Waals surface area contributed by atoms with Crippen LogP contribution >= 0.6 is 0 Å².